The molecule has 0 fully saturated rings. The predicted octanol–water partition coefficient (Wildman–Crippen LogP) is 0.872. The number of benzene rings is 1. The van der Waals surface area contributed by atoms with E-state index in [0.29, 0.717) is 0 Å². The van der Waals surface area contributed by atoms with Gasteiger partial charge in [0.2, 0.25) is 10.0 Å². The van der Waals surface area contributed by atoms with Crippen molar-refractivity contribution in [1.82, 2.24) is 4.31 Å². The summed E-state index contributed by atoms with van der Waals surface area (Å²) in [6.07, 6.45) is 5.18. The van der Waals surface area contributed by atoms with E-state index in [-0.39, 0.29) is 11.4 Å². The smallest absolute Gasteiger partial charge is 0.323 e. The summed E-state index contributed by atoms with van der Waals surface area (Å²) in [6, 6.07) is 6.82. The van der Waals surface area contributed by atoms with Crippen molar-refractivity contribution < 1.29 is 17.9 Å². The lowest BCUT2D eigenvalue weighted by Crippen LogP contribution is -2.43. The molecule has 0 radical (unpaired) electrons. The molecule has 1 rings (SSSR count). The Hall–Kier alpha value is -1.84. The summed E-state index contributed by atoms with van der Waals surface area (Å²) in [5.74, 6) is 1.58. The van der Waals surface area contributed by atoms with Crippen molar-refractivity contribution in [2.24, 2.45) is 0 Å². The van der Waals surface area contributed by atoms with E-state index >= 15 is 0 Å². The lowest BCUT2D eigenvalue weighted by atomic mass is 10.3. The van der Waals surface area contributed by atoms with E-state index in [4.69, 9.17) is 6.42 Å². The number of ether oxygens (including phenoxy) is 1. The molecule has 1 aromatic rings. The standard InChI is InChI=1S/C13H15NO4S/c1-4-10-14(11(2)13(15)18-3)19(16,17)12-8-6-5-7-9-12/h1,5-9,11H,10H2,2-3H3. The number of esters is 1. The normalized spacial score (nSPS) is 12.7. The largest absolute Gasteiger partial charge is 0.468 e. The van der Waals surface area contributed by atoms with Gasteiger partial charge in [-0.1, -0.05) is 24.1 Å². The Balaban J connectivity index is 3.20. The first-order valence-corrected chi connectivity index (χ1v) is 6.97. The van der Waals surface area contributed by atoms with Crippen LogP contribution in [0, 0.1) is 12.3 Å². The van der Waals surface area contributed by atoms with Crippen LogP contribution >= 0.6 is 0 Å². The van der Waals surface area contributed by atoms with Crippen LogP contribution < -0.4 is 0 Å². The molecule has 1 atom stereocenters. The topological polar surface area (TPSA) is 63.7 Å². The fourth-order valence-electron chi connectivity index (χ4n) is 1.54. The monoisotopic (exact) mass is 281 g/mol. The minimum absolute atomic E-state index is 0.0843. The highest BCUT2D eigenvalue weighted by molar-refractivity contribution is 7.89. The van der Waals surface area contributed by atoms with E-state index in [2.05, 4.69) is 10.7 Å². The van der Waals surface area contributed by atoms with Gasteiger partial charge in [0.15, 0.2) is 0 Å². The van der Waals surface area contributed by atoms with Crippen LogP contribution in [0.1, 0.15) is 6.92 Å². The van der Waals surface area contributed by atoms with Gasteiger partial charge in [0.05, 0.1) is 18.6 Å². The number of hydrogen-bond donors (Lipinski definition) is 0. The molecule has 0 heterocycles. The SMILES string of the molecule is C#CCN(C(C)C(=O)OC)S(=O)(=O)c1ccccc1. The minimum Gasteiger partial charge on any atom is -0.468 e. The van der Waals surface area contributed by atoms with Crippen molar-refractivity contribution in [3.05, 3.63) is 30.3 Å². The number of carbonyl (C=O) groups is 1. The van der Waals surface area contributed by atoms with E-state index in [9.17, 15) is 13.2 Å². The van der Waals surface area contributed by atoms with Crippen LogP contribution in [0.15, 0.2) is 35.2 Å². The third kappa shape index (κ3) is 3.34. The summed E-state index contributed by atoms with van der Waals surface area (Å²) < 4.78 is 30.3. The molecule has 0 amide bonds. The van der Waals surface area contributed by atoms with Gasteiger partial charge in [-0.3, -0.25) is 4.79 Å². The molecule has 0 aliphatic heterocycles. The fourth-order valence-corrected chi connectivity index (χ4v) is 3.05. The predicted molar refractivity (Wildman–Crippen MR) is 70.6 cm³/mol. The van der Waals surface area contributed by atoms with E-state index in [1.165, 1.54) is 26.2 Å². The summed E-state index contributed by atoms with van der Waals surface area (Å²) in [5.41, 5.74) is 0. The number of nitrogens with zero attached hydrogens (tertiary/aromatic N) is 1. The van der Waals surface area contributed by atoms with Gasteiger partial charge in [-0.15, -0.1) is 6.42 Å². The van der Waals surface area contributed by atoms with Gasteiger partial charge >= 0.3 is 5.97 Å². The fraction of sp³-hybridized carbons (Fsp3) is 0.308. The molecule has 0 aliphatic rings. The maximum atomic E-state index is 12.4. The first-order valence-electron chi connectivity index (χ1n) is 5.53. The molecule has 0 N–H and O–H groups in total. The first-order chi connectivity index (χ1) is 8.95. The average molecular weight is 281 g/mol. The molecular weight excluding hydrogens is 266 g/mol. The van der Waals surface area contributed by atoms with Gasteiger partial charge in [0.25, 0.3) is 0 Å². The number of carbonyl (C=O) groups excluding carboxylic acids is 1. The molecule has 19 heavy (non-hydrogen) atoms. The van der Waals surface area contributed by atoms with Crippen LogP contribution in [-0.2, 0) is 19.6 Å². The number of rotatable bonds is 5. The Morgan fingerprint density at radius 2 is 2.00 bits per heavy atom. The lowest BCUT2D eigenvalue weighted by Gasteiger charge is -2.24. The van der Waals surface area contributed by atoms with Crippen LogP contribution in [0.3, 0.4) is 0 Å². The Kier molecular flexibility index (Phi) is 5.10. The second kappa shape index (κ2) is 6.36. The lowest BCUT2D eigenvalue weighted by molar-refractivity contribution is -0.144. The van der Waals surface area contributed by atoms with Gasteiger partial charge in [0.1, 0.15) is 6.04 Å². The van der Waals surface area contributed by atoms with Crippen molar-refractivity contribution in [3.63, 3.8) is 0 Å². The van der Waals surface area contributed by atoms with Crippen LogP contribution in [0.25, 0.3) is 0 Å². The van der Waals surface area contributed by atoms with Crippen LogP contribution in [0.2, 0.25) is 0 Å². The van der Waals surface area contributed by atoms with E-state index in [0.717, 1.165) is 4.31 Å². The zero-order valence-corrected chi connectivity index (χ0v) is 11.6. The first kappa shape index (κ1) is 15.2. The molecule has 1 aromatic carbocycles. The molecule has 0 aliphatic carbocycles. The van der Waals surface area contributed by atoms with Crippen molar-refractivity contribution in [2.45, 2.75) is 17.9 Å². The Morgan fingerprint density at radius 1 is 1.42 bits per heavy atom. The summed E-state index contributed by atoms with van der Waals surface area (Å²) in [4.78, 5) is 11.6. The molecule has 0 aromatic heterocycles. The molecule has 1 unspecified atom stereocenters. The summed E-state index contributed by atoms with van der Waals surface area (Å²) >= 11 is 0. The van der Waals surface area contributed by atoms with Crippen molar-refractivity contribution in [2.75, 3.05) is 13.7 Å². The maximum Gasteiger partial charge on any atom is 0.323 e. The van der Waals surface area contributed by atoms with Crippen molar-refractivity contribution >= 4 is 16.0 Å². The van der Waals surface area contributed by atoms with Crippen LogP contribution in [0.4, 0.5) is 0 Å². The van der Waals surface area contributed by atoms with Gasteiger partial charge < -0.3 is 4.74 Å². The zero-order valence-electron chi connectivity index (χ0n) is 10.7. The van der Waals surface area contributed by atoms with Crippen molar-refractivity contribution in [3.8, 4) is 12.3 Å². The molecule has 0 bridgehead atoms. The summed E-state index contributed by atoms with van der Waals surface area (Å²) in [6.45, 7) is 1.23. The molecule has 0 spiro atoms. The Bertz CT molecular complexity index is 574. The van der Waals surface area contributed by atoms with Gasteiger partial charge in [-0.2, -0.15) is 4.31 Å². The average Bonchev–Trinajstić information content (AvgIpc) is 2.43. The maximum absolute atomic E-state index is 12.4. The Labute approximate surface area is 113 Å². The summed E-state index contributed by atoms with van der Waals surface area (Å²) in [5, 5.41) is 0. The molecule has 5 nitrogen and oxygen atoms in total. The third-order valence-electron chi connectivity index (χ3n) is 2.57. The quantitative estimate of drug-likeness (QED) is 0.593. The Morgan fingerprint density at radius 3 is 2.47 bits per heavy atom. The minimum atomic E-state index is -3.83. The van der Waals surface area contributed by atoms with Crippen molar-refractivity contribution in [1.29, 1.82) is 0 Å². The second-order valence-electron chi connectivity index (χ2n) is 3.77. The number of terminal acetylenes is 1. The van der Waals surface area contributed by atoms with Gasteiger partial charge in [-0.05, 0) is 19.1 Å². The highest BCUT2D eigenvalue weighted by Crippen LogP contribution is 2.18. The zero-order chi connectivity index (χ0) is 14.5. The molecule has 0 saturated heterocycles. The van der Waals surface area contributed by atoms with Gasteiger partial charge in [0, 0.05) is 0 Å². The molecule has 6 heteroatoms. The summed E-state index contributed by atoms with van der Waals surface area (Å²) in [7, 11) is -2.63. The van der Waals surface area contributed by atoms with Crippen LogP contribution in [-0.4, -0.2) is 38.4 Å². The van der Waals surface area contributed by atoms with E-state index < -0.39 is 22.0 Å². The highest BCUT2D eigenvalue weighted by Gasteiger charge is 2.32. The van der Waals surface area contributed by atoms with E-state index in [1.807, 2.05) is 0 Å². The molecule has 102 valence electrons. The van der Waals surface area contributed by atoms with E-state index in [1.54, 1.807) is 18.2 Å². The molecular formula is C13H15NO4S. The van der Waals surface area contributed by atoms with Crippen LogP contribution in [0.5, 0.6) is 0 Å². The molecule has 0 saturated carbocycles. The highest BCUT2D eigenvalue weighted by atomic mass is 32.2. The number of hydrogen-bond acceptors (Lipinski definition) is 4. The third-order valence-corrected chi connectivity index (χ3v) is 4.50. The number of methoxy groups -OCH3 is 1. The second-order valence-corrected chi connectivity index (χ2v) is 5.66. The van der Waals surface area contributed by atoms with Gasteiger partial charge in [-0.25, -0.2) is 8.42 Å². The number of sulfonamides is 1.